The van der Waals surface area contributed by atoms with Crippen LogP contribution < -0.4 is 5.32 Å². The zero-order valence-electron chi connectivity index (χ0n) is 10.3. The van der Waals surface area contributed by atoms with E-state index in [0.29, 0.717) is 0 Å². The minimum atomic E-state index is 0.738. The van der Waals surface area contributed by atoms with Crippen LogP contribution in [0.25, 0.3) is 0 Å². The number of nitrogens with one attached hydrogen (secondary N) is 1. The summed E-state index contributed by atoms with van der Waals surface area (Å²) in [6.07, 6.45) is 8.64. The van der Waals surface area contributed by atoms with Gasteiger partial charge in [-0.05, 0) is 45.7 Å². The normalized spacial score (nSPS) is 32.0. The van der Waals surface area contributed by atoms with Crippen LogP contribution in [0.2, 0.25) is 0 Å². The quantitative estimate of drug-likeness (QED) is 0.768. The first-order chi connectivity index (χ1) is 7.25. The Morgan fingerprint density at radius 1 is 1.13 bits per heavy atom. The Bertz CT molecular complexity index is 187. The van der Waals surface area contributed by atoms with Gasteiger partial charge < -0.3 is 10.2 Å². The number of hydrogen-bond donors (Lipinski definition) is 1. The highest BCUT2D eigenvalue weighted by Crippen LogP contribution is 2.26. The highest BCUT2D eigenvalue weighted by Gasteiger charge is 2.25. The number of nitrogens with zero attached hydrogens (tertiary/aromatic N) is 1. The molecule has 2 atom stereocenters. The third-order valence-corrected chi connectivity index (χ3v) is 4.25. The molecule has 0 radical (unpaired) electrons. The molecule has 1 aliphatic carbocycles. The summed E-state index contributed by atoms with van der Waals surface area (Å²) in [5.74, 6) is 0.949. The smallest absolute Gasteiger partial charge is 0.0209 e. The van der Waals surface area contributed by atoms with Crippen molar-refractivity contribution in [3.8, 4) is 0 Å². The van der Waals surface area contributed by atoms with Crippen LogP contribution in [0, 0.1) is 5.92 Å². The Labute approximate surface area is 94.4 Å². The molecule has 0 spiro atoms. The van der Waals surface area contributed by atoms with E-state index < -0.39 is 0 Å². The number of likely N-dealkylation sites (N-methyl/N-ethyl adjacent to an activating group) is 1. The van der Waals surface area contributed by atoms with Crippen LogP contribution in [-0.2, 0) is 0 Å². The minimum absolute atomic E-state index is 0.738. The summed E-state index contributed by atoms with van der Waals surface area (Å²) in [6, 6.07) is 1.49. The molecule has 0 aromatic rings. The van der Waals surface area contributed by atoms with Crippen LogP contribution in [-0.4, -0.2) is 37.1 Å². The van der Waals surface area contributed by atoms with Crippen LogP contribution in [0.4, 0.5) is 0 Å². The van der Waals surface area contributed by atoms with Crippen molar-refractivity contribution in [2.24, 2.45) is 5.92 Å². The maximum absolute atomic E-state index is 3.84. The fourth-order valence-electron chi connectivity index (χ4n) is 3.21. The van der Waals surface area contributed by atoms with Gasteiger partial charge in [0.15, 0.2) is 0 Å². The summed E-state index contributed by atoms with van der Waals surface area (Å²) in [7, 11) is 2.23. The van der Waals surface area contributed by atoms with E-state index in [9.17, 15) is 0 Å². The van der Waals surface area contributed by atoms with E-state index in [2.05, 4.69) is 24.2 Å². The molecule has 88 valence electrons. The molecule has 1 heterocycles. The second-order valence-corrected chi connectivity index (χ2v) is 5.60. The van der Waals surface area contributed by atoms with Gasteiger partial charge in [0.05, 0.1) is 0 Å². The molecule has 1 saturated heterocycles. The monoisotopic (exact) mass is 210 g/mol. The zero-order valence-corrected chi connectivity index (χ0v) is 10.3. The Hall–Kier alpha value is -0.0800. The van der Waals surface area contributed by atoms with Gasteiger partial charge in [0.25, 0.3) is 0 Å². The van der Waals surface area contributed by atoms with E-state index in [-0.39, 0.29) is 0 Å². The summed E-state index contributed by atoms with van der Waals surface area (Å²) in [6.45, 7) is 4.92. The molecule has 1 N–H and O–H groups in total. The lowest BCUT2D eigenvalue weighted by Gasteiger charge is -2.30. The molecule has 0 amide bonds. The molecule has 0 aromatic carbocycles. The van der Waals surface area contributed by atoms with Crippen molar-refractivity contribution >= 4 is 0 Å². The maximum atomic E-state index is 3.84. The minimum Gasteiger partial charge on any atom is -0.310 e. The van der Waals surface area contributed by atoms with Crippen molar-refractivity contribution < 1.29 is 0 Å². The fourth-order valence-corrected chi connectivity index (χ4v) is 3.21. The van der Waals surface area contributed by atoms with Gasteiger partial charge in [0.2, 0.25) is 0 Å². The van der Waals surface area contributed by atoms with Crippen molar-refractivity contribution in [1.82, 2.24) is 10.2 Å². The lowest BCUT2D eigenvalue weighted by Crippen LogP contribution is -2.42. The van der Waals surface area contributed by atoms with Crippen LogP contribution in [0.1, 0.15) is 45.4 Å². The zero-order chi connectivity index (χ0) is 10.7. The van der Waals surface area contributed by atoms with Crippen LogP contribution >= 0.6 is 0 Å². The van der Waals surface area contributed by atoms with Crippen LogP contribution in [0.5, 0.6) is 0 Å². The third-order valence-electron chi connectivity index (χ3n) is 4.25. The Balaban J connectivity index is 1.73. The van der Waals surface area contributed by atoms with E-state index >= 15 is 0 Å². The van der Waals surface area contributed by atoms with Crippen molar-refractivity contribution in [2.45, 2.75) is 57.5 Å². The molecule has 2 nitrogen and oxygen atoms in total. The lowest BCUT2D eigenvalue weighted by atomic mass is 9.84. The summed E-state index contributed by atoms with van der Waals surface area (Å²) >= 11 is 0. The predicted molar refractivity (Wildman–Crippen MR) is 65.1 cm³/mol. The fraction of sp³-hybridized carbons (Fsp3) is 1.00. The van der Waals surface area contributed by atoms with Gasteiger partial charge in [-0.3, -0.25) is 0 Å². The van der Waals surface area contributed by atoms with Gasteiger partial charge in [-0.2, -0.15) is 0 Å². The van der Waals surface area contributed by atoms with E-state index in [4.69, 9.17) is 0 Å². The van der Waals surface area contributed by atoms with Gasteiger partial charge in [-0.15, -0.1) is 0 Å². The van der Waals surface area contributed by atoms with E-state index in [0.717, 1.165) is 18.0 Å². The third kappa shape index (κ3) is 3.18. The summed E-state index contributed by atoms with van der Waals surface area (Å²) in [4.78, 5) is 2.44. The molecule has 15 heavy (non-hydrogen) atoms. The first kappa shape index (κ1) is 11.4. The second kappa shape index (κ2) is 5.31. The first-order valence-corrected chi connectivity index (χ1v) is 6.70. The van der Waals surface area contributed by atoms with Crippen molar-refractivity contribution in [1.29, 1.82) is 0 Å². The second-order valence-electron chi connectivity index (χ2n) is 5.60. The molecule has 1 saturated carbocycles. The largest absolute Gasteiger partial charge is 0.310 e. The number of hydrogen-bond acceptors (Lipinski definition) is 2. The van der Waals surface area contributed by atoms with Crippen molar-refractivity contribution in [3.05, 3.63) is 0 Å². The van der Waals surface area contributed by atoms with E-state index in [1.807, 2.05) is 0 Å². The van der Waals surface area contributed by atoms with Gasteiger partial charge in [-0.1, -0.05) is 19.3 Å². The molecular formula is C13H26N2. The summed E-state index contributed by atoms with van der Waals surface area (Å²) in [5, 5.41) is 3.84. The average molecular weight is 210 g/mol. The van der Waals surface area contributed by atoms with E-state index in [1.54, 1.807) is 0 Å². The summed E-state index contributed by atoms with van der Waals surface area (Å²) in [5.41, 5.74) is 0. The lowest BCUT2D eigenvalue weighted by molar-refractivity contribution is 0.262. The molecule has 0 aromatic heterocycles. The Morgan fingerprint density at radius 3 is 2.47 bits per heavy atom. The molecule has 2 aliphatic rings. The van der Waals surface area contributed by atoms with Crippen molar-refractivity contribution in [2.75, 3.05) is 20.1 Å². The Morgan fingerprint density at radius 2 is 1.87 bits per heavy atom. The van der Waals surface area contributed by atoms with Gasteiger partial charge in [0.1, 0.15) is 0 Å². The molecule has 2 heteroatoms. The number of rotatable bonds is 3. The molecule has 0 bridgehead atoms. The molecule has 1 aliphatic heterocycles. The maximum Gasteiger partial charge on any atom is 0.0209 e. The van der Waals surface area contributed by atoms with E-state index in [1.165, 1.54) is 51.6 Å². The Kier molecular flexibility index (Phi) is 4.04. The number of likely N-dealkylation sites (tertiary alicyclic amines) is 1. The molecule has 2 fully saturated rings. The molecular weight excluding hydrogens is 184 g/mol. The van der Waals surface area contributed by atoms with Crippen LogP contribution in [0.3, 0.4) is 0 Å². The highest BCUT2D eigenvalue weighted by molar-refractivity contribution is 4.84. The topological polar surface area (TPSA) is 15.3 Å². The highest BCUT2D eigenvalue weighted by atomic mass is 15.2. The first-order valence-electron chi connectivity index (χ1n) is 6.70. The standard InChI is InChI=1S/C13H26N2/c1-11(12-6-4-3-5-7-12)14-13-8-9-15(2)10-13/h11-14H,3-10H2,1-2H3/t11-,13+/m0/s1. The average Bonchev–Trinajstić information content (AvgIpc) is 2.65. The van der Waals surface area contributed by atoms with Gasteiger partial charge in [-0.25, -0.2) is 0 Å². The van der Waals surface area contributed by atoms with Crippen molar-refractivity contribution in [3.63, 3.8) is 0 Å². The summed E-state index contributed by atoms with van der Waals surface area (Å²) < 4.78 is 0. The SMILES string of the molecule is C[C@H](N[C@@H]1CCN(C)C1)C1CCCCC1. The van der Waals surface area contributed by atoms with Gasteiger partial charge >= 0.3 is 0 Å². The predicted octanol–water partition coefficient (Wildman–Crippen LogP) is 2.25. The molecule has 2 rings (SSSR count). The van der Waals surface area contributed by atoms with Crippen LogP contribution in [0.15, 0.2) is 0 Å². The molecule has 0 unspecified atom stereocenters. The van der Waals surface area contributed by atoms with Gasteiger partial charge in [0, 0.05) is 18.6 Å².